The summed E-state index contributed by atoms with van der Waals surface area (Å²) in [6.45, 7) is 6.77. The van der Waals surface area contributed by atoms with Gasteiger partial charge in [0.1, 0.15) is 5.76 Å². The van der Waals surface area contributed by atoms with E-state index in [0.717, 1.165) is 11.7 Å². The lowest BCUT2D eigenvalue weighted by Crippen LogP contribution is -2.45. The fourth-order valence-corrected chi connectivity index (χ4v) is 3.09. The quantitative estimate of drug-likeness (QED) is 0.630. The standard InChI is InChI=1S/C11H18N2O/c1-8-6-13(9(2)14-8)11-5-10-3-4-12(11)7-10/h6,9-11H,3-5,7H2,1-2H3. The minimum atomic E-state index is 0.236. The van der Waals surface area contributed by atoms with E-state index in [1.165, 1.54) is 25.9 Å². The van der Waals surface area contributed by atoms with Gasteiger partial charge in [-0.1, -0.05) is 0 Å². The fraction of sp³-hybridized carbons (Fsp3) is 0.818. The molecule has 2 bridgehead atoms. The second-order valence-corrected chi connectivity index (χ2v) is 4.77. The number of hydrogen-bond acceptors (Lipinski definition) is 3. The Morgan fingerprint density at radius 2 is 2.36 bits per heavy atom. The van der Waals surface area contributed by atoms with E-state index in [9.17, 15) is 0 Å². The van der Waals surface area contributed by atoms with Crippen molar-refractivity contribution in [3.8, 4) is 0 Å². The molecule has 3 heterocycles. The Morgan fingerprint density at radius 3 is 2.86 bits per heavy atom. The molecule has 0 amide bonds. The summed E-state index contributed by atoms with van der Waals surface area (Å²) in [5.74, 6) is 2.00. The van der Waals surface area contributed by atoms with E-state index in [4.69, 9.17) is 4.74 Å². The van der Waals surface area contributed by atoms with Crippen LogP contribution in [0.2, 0.25) is 0 Å². The Bertz CT molecular complexity index is 276. The molecule has 0 aromatic heterocycles. The minimum Gasteiger partial charge on any atom is -0.474 e. The monoisotopic (exact) mass is 194 g/mol. The van der Waals surface area contributed by atoms with Gasteiger partial charge in [-0.15, -0.1) is 0 Å². The number of rotatable bonds is 1. The molecule has 78 valence electrons. The van der Waals surface area contributed by atoms with Crippen molar-refractivity contribution in [2.24, 2.45) is 5.92 Å². The van der Waals surface area contributed by atoms with Crippen LogP contribution in [0.5, 0.6) is 0 Å². The van der Waals surface area contributed by atoms with E-state index in [-0.39, 0.29) is 6.23 Å². The number of fused-ring (bicyclic) bond motifs is 2. The molecule has 3 nitrogen and oxygen atoms in total. The Hall–Kier alpha value is -0.700. The van der Waals surface area contributed by atoms with Crippen molar-refractivity contribution >= 4 is 0 Å². The molecule has 0 saturated carbocycles. The Balaban J connectivity index is 1.77. The summed E-state index contributed by atoms with van der Waals surface area (Å²) in [5, 5.41) is 0. The minimum absolute atomic E-state index is 0.236. The highest BCUT2D eigenvalue weighted by atomic mass is 16.5. The third-order valence-electron chi connectivity index (χ3n) is 3.73. The number of nitrogens with zero attached hydrogens (tertiary/aromatic N) is 2. The zero-order chi connectivity index (χ0) is 9.71. The maximum absolute atomic E-state index is 5.65. The lowest BCUT2D eigenvalue weighted by molar-refractivity contribution is -0.00797. The van der Waals surface area contributed by atoms with E-state index in [1.54, 1.807) is 0 Å². The van der Waals surface area contributed by atoms with Crippen LogP contribution in [0.4, 0.5) is 0 Å². The van der Waals surface area contributed by atoms with E-state index >= 15 is 0 Å². The van der Waals surface area contributed by atoms with E-state index in [1.807, 2.05) is 6.92 Å². The predicted octanol–water partition coefficient (Wildman–Crippen LogP) is 1.58. The van der Waals surface area contributed by atoms with Crippen molar-refractivity contribution in [1.29, 1.82) is 0 Å². The predicted molar refractivity (Wildman–Crippen MR) is 54.2 cm³/mol. The molecule has 3 aliphatic rings. The summed E-state index contributed by atoms with van der Waals surface area (Å²) in [5.41, 5.74) is 0. The van der Waals surface area contributed by atoms with Gasteiger partial charge in [0.05, 0.1) is 6.17 Å². The van der Waals surface area contributed by atoms with Gasteiger partial charge >= 0.3 is 0 Å². The molecule has 3 heteroatoms. The van der Waals surface area contributed by atoms with Crippen molar-refractivity contribution in [2.75, 3.05) is 13.1 Å². The highest BCUT2D eigenvalue weighted by Crippen LogP contribution is 2.37. The van der Waals surface area contributed by atoms with Gasteiger partial charge in [0.15, 0.2) is 6.23 Å². The van der Waals surface area contributed by atoms with Crippen molar-refractivity contribution in [3.63, 3.8) is 0 Å². The fourth-order valence-electron chi connectivity index (χ4n) is 3.09. The summed E-state index contributed by atoms with van der Waals surface area (Å²) in [6.07, 6.45) is 5.76. The van der Waals surface area contributed by atoms with Crippen LogP contribution in [0.15, 0.2) is 12.0 Å². The van der Waals surface area contributed by atoms with Gasteiger partial charge in [-0.3, -0.25) is 4.90 Å². The normalized spacial score (nSPS) is 45.6. The highest BCUT2D eigenvalue weighted by Gasteiger charge is 2.42. The molecule has 0 aliphatic carbocycles. The van der Waals surface area contributed by atoms with Crippen LogP contribution in [0.25, 0.3) is 0 Å². The molecule has 4 atom stereocenters. The molecule has 2 saturated heterocycles. The molecule has 3 aliphatic heterocycles. The molecule has 0 spiro atoms. The number of ether oxygens (including phenoxy) is 1. The second-order valence-electron chi connectivity index (χ2n) is 4.77. The van der Waals surface area contributed by atoms with Crippen molar-refractivity contribution < 1.29 is 4.74 Å². The second kappa shape index (κ2) is 2.89. The van der Waals surface area contributed by atoms with Gasteiger partial charge in [0.25, 0.3) is 0 Å². The number of piperidine rings is 1. The molecule has 2 fully saturated rings. The van der Waals surface area contributed by atoms with Crippen LogP contribution >= 0.6 is 0 Å². The molecule has 4 unspecified atom stereocenters. The van der Waals surface area contributed by atoms with Gasteiger partial charge < -0.3 is 9.64 Å². The first-order valence-corrected chi connectivity index (χ1v) is 5.60. The first-order valence-electron chi connectivity index (χ1n) is 5.60. The average Bonchev–Trinajstić information content (AvgIpc) is 2.79. The molecule has 3 rings (SSSR count). The summed E-state index contributed by atoms with van der Waals surface area (Å²) < 4.78 is 5.65. The molecular formula is C11H18N2O. The Labute approximate surface area is 85.3 Å². The Kier molecular flexibility index (Phi) is 1.78. The highest BCUT2D eigenvalue weighted by molar-refractivity contribution is 5.02. The van der Waals surface area contributed by atoms with Crippen LogP contribution in [-0.4, -0.2) is 35.3 Å². The van der Waals surface area contributed by atoms with Crippen LogP contribution in [-0.2, 0) is 4.74 Å². The lowest BCUT2D eigenvalue weighted by atomic mass is 10.0. The largest absolute Gasteiger partial charge is 0.474 e. The summed E-state index contributed by atoms with van der Waals surface area (Å²) in [7, 11) is 0. The summed E-state index contributed by atoms with van der Waals surface area (Å²) >= 11 is 0. The third kappa shape index (κ3) is 1.15. The van der Waals surface area contributed by atoms with Gasteiger partial charge in [0.2, 0.25) is 0 Å². The van der Waals surface area contributed by atoms with Crippen LogP contribution in [0.1, 0.15) is 26.7 Å². The van der Waals surface area contributed by atoms with Crippen LogP contribution in [0, 0.1) is 5.92 Å². The van der Waals surface area contributed by atoms with Gasteiger partial charge in [0, 0.05) is 19.3 Å². The van der Waals surface area contributed by atoms with Crippen LogP contribution in [0.3, 0.4) is 0 Å². The lowest BCUT2D eigenvalue weighted by Gasteiger charge is -2.35. The SMILES string of the molecule is CC1=CN(C2CC3CCN2C3)C(C)O1. The van der Waals surface area contributed by atoms with Gasteiger partial charge in [-0.25, -0.2) is 0 Å². The molecule has 0 radical (unpaired) electrons. The molecular weight excluding hydrogens is 176 g/mol. The molecule has 0 aromatic rings. The number of hydrogen-bond donors (Lipinski definition) is 0. The first-order chi connectivity index (χ1) is 6.74. The number of allylic oxidation sites excluding steroid dienone is 1. The molecule has 0 aromatic carbocycles. The maximum atomic E-state index is 5.65. The van der Waals surface area contributed by atoms with Gasteiger partial charge in [-0.05, 0) is 32.6 Å². The summed E-state index contributed by atoms with van der Waals surface area (Å²) in [4.78, 5) is 4.98. The molecule has 0 N–H and O–H groups in total. The van der Waals surface area contributed by atoms with Crippen LogP contribution < -0.4 is 0 Å². The van der Waals surface area contributed by atoms with E-state index in [2.05, 4.69) is 22.9 Å². The van der Waals surface area contributed by atoms with Crippen molar-refractivity contribution in [1.82, 2.24) is 9.80 Å². The molecule has 14 heavy (non-hydrogen) atoms. The Morgan fingerprint density at radius 1 is 1.50 bits per heavy atom. The van der Waals surface area contributed by atoms with Crippen molar-refractivity contribution in [3.05, 3.63) is 12.0 Å². The topological polar surface area (TPSA) is 15.7 Å². The third-order valence-corrected chi connectivity index (χ3v) is 3.73. The van der Waals surface area contributed by atoms with E-state index < -0.39 is 0 Å². The van der Waals surface area contributed by atoms with E-state index in [0.29, 0.717) is 6.17 Å². The first kappa shape index (κ1) is 8.60. The average molecular weight is 194 g/mol. The zero-order valence-electron chi connectivity index (χ0n) is 8.94. The zero-order valence-corrected chi connectivity index (χ0v) is 8.94. The van der Waals surface area contributed by atoms with Gasteiger partial charge in [-0.2, -0.15) is 0 Å². The van der Waals surface area contributed by atoms with Crippen molar-refractivity contribution in [2.45, 2.75) is 39.1 Å². The summed E-state index contributed by atoms with van der Waals surface area (Å²) in [6, 6.07) is 0. The smallest absolute Gasteiger partial charge is 0.169 e. The maximum Gasteiger partial charge on any atom is 0.169 e.